The maximum Gasteiger partial charge on any atom is -0.0319 e. The standard InChI is InChI=1S/C10H16/c1-2-3-4-9-7-10(9)8-5-6-8/h2-3,8-10H,4-7H2,1H3/b3-2+/t9-,10-/m0/s1. The highest BCUT2D eigenvalue weighted by molar-refractivity contribution is 4.99. The summed E-state index contributed by atoms with van der Waals surface area (Å²) >= 11 is 0. The molecule has 2 atom stereocenters. The van der Waals surface area contributed by atoms with E-state index >= 15 is 0 Å². The van der Waals surface area contributed by atoms with Gasteiger partial charge in [-0.1, -0.05) is 12.2 Å². The van der Waals surface area contributed by atoms with Gasteiger partial charge in [-0.05, 0) is 50.4 Å². The normalized spacial score (nSPS) is 38.9. The molecule has 10 heavy (non-hydrogen) atoms. The third kappa shape index (κ3) is 1.25. The van der Waals surface area contributed by atoms with Gasteiger partial charge in [-0.25, -0.2) is 0 Å². The molecule has 0 bridgehead atoms. The van der Waals surface area contributed by atoms with E-state index in [-0.39, 0.29) is 0 Å². The van der Waals surface area contributed by atoms with E-state index in [1.165, 1.54) is 25.7 Å². The van der Waals surface area contributed by atoms with Gasteiger partial charge in [-0.15, -0.1) is 0 Å². The molecular weight excluding hydrogens is 120 g/mol. The lowest BCUT2D eigenvalue weighted by Crippen LogP contribution is -1.81. The Balaban J connectivity index is 1.69. The Morgan fingerprint density at radius 2 is 2.20 bits per heavy atom. The van der Waals surface area contributed by atoms with Crippen molar-refractivity contribution < 1.29 is 0 Å². The van der Waals surface area contributed by atoms with Crippen LogP contribution in [0.1, 0.15) is 32.6 Å². The van der Waals surface area contributed by atoms with Crippen LogP contribution in [-0.4, -0.2) is 0 Å². The van der Waals surface area contributed by atoms with Crippen molar-refractivity contribution in [2.24, 2.45) is 17.8 Å². The number of rotatable bonds is 3. The number of hydrogen-bond donors (Lipinski definition) is 0. The predicted octanol–water partition coefficient (Wildman–Crippen LogP) is 3.00. The molecule has 56 valence electrons. The van der Waals surface area contributed by atoms with Crippen LogP contribution in [0.25, 0.3) is 0 Å². The predicted molar refractivity (Wildman–Crippen MR) is 43.8 cm³/mol. The second kappa shape index (κ2) is 2.41. The molecule has 0 amide bonds. The van der Waals surface area contributed by atoms with Crippen LogP contribution in [0.15, 0.2) is 12.2 Å². The van der Waals surface area contributed by atoms with Gasteiger partial charge >= 0.3 is 0 Å². The maximum atomic E-state index is 2.33. The largest absolute Gasteiger partial charge is 0.0917 e. The van der Waals surface area contributed by atoms with Crippen molar-refractivity contribution in [3.63, 3.8) is 0 Å². The highest BCUT2D eigenvalue weighted by atomic mass is 14.5. The first-order valence-electron chi connectivity index (χ1n) is 4.53. The van der Waals surface area contributed by atoms with Crippen molar-refractivity contribution in [3.05, 3.63) is 12.2 Å². The Morgan fingerprint density at radius 3 is 2.80 bits per heavy atom. The van der Waals surface area contributed by atoms with E-state index < -0.39 is 0 Å². The Kier molecular flexibility index (Phi) is 1.55. The van der Waals surface area contributed by atoms with Crippen molar-refractivity contribution in [3.8, 4) is 0 Å². The van der Waals surface area contributed by atoms with Gasteiger partial charge < -0.3 is 0 Å². The zero-order chi connectivity index (χ0) is 6.97. The van der Waals surface area contributed by atoms with Gasteiger partial charge in [0.2, 0.25) is 0 Å². The van der Waals surface area contributed by atoms with Gasteiger partial charge in [0, 0.05) is 0 Å². The summed E-state index contributed by atoms with van der Waals surface area (Å²) in [6.07, 6.45) is 10.5. The minimum absolute atomic E-state index is 1.09. The molecule has 0 heteroatoms. The van der Waals surface area contributed by atoms with Crippen LogP contribution in [0.2, 0.25) is 0 Å². The Bertz CT molecular complexity index is 142. The summed E-state index contributed by atoms with van der Waals surface area (Å²) < 4.78 is 0. The quantitative estimate of drug-likeness (QED) is 0.523. The topological polar surface area (TPSA) is 0 Å². The summed E-state index contributed by atoms with van der Waals surface area (Å²) in [5.74, 6) is 3.40. The van der Waals surface area contributed by atoms with E-state index in [9.17, 15) is 0 Å². The van der Waals surface area contributed by atoms with E-state index in [4.69, 9.17) is 0 Å². The lowest BCUT2D eigenvalue weighted by Gasteiger charge is -1.90. The van der Waals surface area contributed by atoms with Gasteiger partial charge in [0.25, 0.3) is 0 Å². The fourth-order valence-electron chi connectivity index (χ4n) is 1.95. The Morgan fingerprint density at radius 1 is 1.40 bits per heavy atom. The molecule has 0 heterocycles. The van der Waals surface area contributed by atoms with Crippen LogP contribution >= 0.6 is 0 Å². The average molecular weight is 136 g/mol. The molecule has 0 aliphatic heterocycles. The molecule has 0 unspecified atom stereocenters. The first-order chi connectivity index (χ1) is 4.92. The summed E-state index contributed by atoms with van der Waals surface area (Å²) in [4.78, 5) is 0. The summed E-state index contributed by atoms with van der Waals surface area (Å²) in [5, 5.41) is 0. The minimum atomic E-state index is 1.09. The molecule has 2 saturated carbocycles. The van der Waals surface area contributed by atoms with E-state index in [0.717, 1.165) is 17.8 Å². The van der Waals surface area contributed by atoms with Crippen molar-refractivity contribution in [2.45, 2.75) is 32.6 Å². The SMILES string of the molecule is C/C=C/C[C@H]1C[C@H]1C1CC1. The molecule has 0 aromatic carbocycles. The van der Waals surface area contributed by atoms with Crippen LogP contribution in [0, 0.1) is 17.8 Å². The van der Waals surface area contributed by atoms with E-state index in [1.807, 2.05) is 0 Å². The molecule has 0 nitrogen and oxygen atoms in total. The first-order valence-corrected chi connectivity index (χ1v) is 4.53. The maximum absolute atomic E-state index is 2.33. The summed E-state index contributed by atoms with van der Waals surface area (Å²) in [5.41, 5.74) is 0. The average Bonchev–Trinajstić information content (AvgIpc) is 2.77. The zero-order valence-corrected chi connectivity index (χ0v) is 6.72. The van der Waals surface area contributed by atoms with E-state index in [1.54, 1.807) is 0 Å². The minimum Gasteiger partial charge on any atom is -0.0917 e. The van der Waals surface area contributed by atoms with Crippen molar-refractivity contribution in [1.82, 2.24) is 0 Å². The smallest absolute Gasteiger partial charge is 0.0319 e. The molecule has 0 radical (unpaired) electrons. The molecule has 0 aromatic heterocycles. The molecule has 2 aliphatic carbocycles. The van der Waals surface area contributed by atoms with Gasteiger partial charge in [-0.3, -0.25) is 0 Å². The van der Waals surface area contributed by atoms with Gasteiger partial charge in [-0.2, -0.15) is 0 Å². The number of allylic oxidation sites excluding steroid dienone is 2. The molecule has 2 rings (SSSR count). The second-order valence-electron chi connectivity index (χ2n) is 3.80. The highest BCUT2D eigenvalue weighted by Gasteiger charge is 2.46. The summed E-state index contributed by atoms with van der Waals surface area (Å²) in [6, 6.07) is 0. The van der Waals surface area contributed by atoms with Crippen molar-refractivity contribution in [2.75, 3.05) is 0 Å². The monoisotopic (exact) mass is 136 g/mol. The third-order valence-electron chi connectivity index (χ3n) is 2.88. The van der Waals surface area contributed by atoms with Gasteiger partial charge in [0.05, 0.1) is 0 Å². The van der Waals surface area contributed by atoms with Crippen LogP contribution in [0.4, 0.5) is 0 Å². The van der Waals surface area contributed by atoms with Crippen LogP contribution in [0.3, 0.4) is 0 Å². The molecule has 0 aromatic rings. The molecule has 0 saturated heterocycles. The molecular formula is C10H16. The Labute approximate surface area is 63.3 Å². The molecule has 0 N–H and O–H groups in total. The Hall–Kier alpha value is -0.260. The highest BCUT2D eigenvalue weighted by Crippen LogP contribution is 2.55. The lowest BCUT2D eigenvalue weighted by atomic mass is 10.2. The summed E-state index contributed by atoms with van der Waals surface area (Å²) in [6.45, 7) is 2.12. The van der Waals surface area contributed by atoms with E-state index in [0.29, 0.717) is 0 Å². The summed E-state index contributed by atoms with van der Waals surface area (Å²) in [7, 11) is 0. The molecule has 2 fully saturated rings. The van der Waals surface area contributed by atoms with Gasteiger partial charge in [0.15, 0.2) is 0 Å². The first kappa shape index (κ1) is 6.45. The third-order valence-corrected chi connectivity index (χ3v) is 2.88. The van der Waals surface area contributed by atoms with Crippen LogP contribution in [-0.2, 0) is 0 Å². The van der Waals surface area contributed by atoms with Crippen LogP contribution in [0.5, 0.6) is 0 Å². The zero-order valence-electron chi connectivity index (χ0n) is 6.72. The van der Waals surface area contributed by atoms with Crippen LogP contribution < -0.4 is 0 Å². The molecule has 2 aliphatic rings. The molecule has 0 spiro atoms. The second-order valence-corrected chi connectivity index (χ2v) is 3.80. The van der Waals surface area contributed by atoms with E-state index in [2.05, 4.69) is 19.1 Å². The number of hydrogen-bond acceptors (Lipinski definition) is 0. The van der Waals surface area contributed by atoms with Crippen molar-refractivity contribution in [1.29, 1.82) is 0 Å². The van der Waals surface area contributed by atoms with Crippen molar-refractivity contribution >= 4 is 0 Å². The fraction of sp³-hybridized carbons (Fsp3) is 0.800. The van der Waals surface area contributed by atoms with Gasteiger partial charge in [0.1, 0.15) is 0 Å². The fourth-order valence-corrected chi connectivity index (χ4v) is 1.95. The lowest BCUT2D eigenvalue weighted by molar-refractivity contribution is 0.632.